The molecule has 212 valence electrons. The van der Waals surface area contributed by atoms with Crippen LogP contribution < -0.4 is 0 Å². The maximum Gasteiger partial charge on any atom is 0.159 e. The van der Waals surface area contributed by atoms with E-state index in [9.17, 15) is 0 Å². The quantitative estimate of drug-likeness (QED) is 0.211. The molecule has 4 nitrogen and oxygen atoms in total. The molecule has 0 bridgehead atoms. The lowest BCUT2D eigenvalue weighted by molar-refractivity contribution is 0.582. The van der Waals surface area contributed by atoms with E-state index in [0.717, 1.165) is 62.5 Å². The van der Waals surface area contributed by atoms with E-state index in [1.165, 1.54) is 27.4 Å². The maximum atomic E-state index is 6.57. The standard InChI is InChI=1S/C40H31N3O/c1-26-10-2-3-11-29(24-26)27-18-20-28(21-19-27)38-34-14-4-7-15-35(34)41-43(38)25-42-36-16-8-5-12-30(36)32-22-23-33-31-13-6-9-17-37(31)44-40(33)39(32)42/h2-9,11-23,26H,10,24-25H2,1H3. The molecule has 9 rings (SSSR count). The molecule has 0 saturated carbocycles. The molecular formula is C40H31N3O. The molecule has 3 aromatic heterocycles. The number of fused-ring (bicyclic) bond motifs is 8. The average Bonchev–Trinajstić information content (AvgIpc) is 3.66. The molecule has 0 aliphatic heterocycles. The second-order valence-electron chi connectivity index (χ2n) is 12.1. The topological polar surface area (TPSA) is 35.9 Å². The molecule has 1 aliphatic rings. The molecule has 1 atom stereocenters. The number of furan rings is 1. The van der Waals surface area contributed by atoms with Crippen LogP contribution in [0.5, 0.6) is 0 Å². The summed E-state index contributed by atoms with van der Waals surface area (Å²) in [5.74, 6) is 0.648. The highest BCUT2D eigenvalue weighted by Crippen LogP contribution is 2.39. The van der Waals surface area contributed by atoms with Crippen molar-refractivity contribution in [1.29, 1.82) is 0 Å². The van der Waals surface area contributed by atoms with Crippen molar-refractivity contribution in [2.24, 2.45) is 5.92 Å². The van der Waals surface area contributed by atoms with Crippen molar-refractivity contribution in [1.82, 2.24) is 14.3 Å². The first-order chi connectivity index (χ1) is 21.7. The number of hydrogen-bond acceptors (Lipinski definition) is 2. The predicted octanol–water partition coefficient (Wildman–Crippen LogP) is 10.6. The fourth-order valence-electron chi connectivity index (χ4n) is 7.16. The molecule has 0 N–H and O–H groups in total. The molecule has 0 spiro atoms. The van der Waals surface area contributed by atoms with Gasteiger partial charge in [0.15, 0.2) is 5.58 Å². The summed E-state index contributed by atoms with van der Waals surface area (Å²) < 4.78 is 11.1. The van der Waals surface area contributed by atoms with Gasteiger partial charge >= 0.3 is 0 Å². The van der Waals surface area contributed by atoms with Crippen LogP contribution in [0.2, 0.25) is 0 Å². The lowest BCUT2D eigenvalue weighted by Crippen LogP contribution is -2.11. The third kappa shape index (κ3) is 3.87. The average molecular weight is 570 g/mol. The van der Waals surface area contributed by atoms with Crippen molar-refractivity contribution in [3.8, 4) is 11.3 Å². The summed E-state index contributed by atoms with van der Waals surface area (Å²) in [6.45, 7) is 2.88. The minimum absolute atomic E-state index is 0.555. The van der Waals surface area contributed by atoms with Gasteiger partial charge in [0.05, 0.1) is 22.2 Å². The zero-order valence-electron chi connectivity index (χ0n) is 24.6. The Bertz CT molecular complexity index is 2430. The summed E-state index contributed by atoms with van der Waals surface area (Å²) in [5, 5.41) is 11.0. The van der Waals surface area contributed by atoms with Crippen LogP contribution in [-0.2, 0) is 6.67 Å². The van der Waals surface area contributed by atoms with E-state index in [4.69, 9.17) is 9.52 Å². The van der Waals surface area contributed by atoms with E-state index in [-0.39, 0.29) is 0 Å². The first-order valence-corrected chi connectivity index (χ1v) is 15.5. The van der Waals surface area contributed by atoms with Gasteiger partial charge in [-0.1, -0.05) is 110 Å². The lowest BCUT2D eigenvalue weighted by atomic mass is 9.94. The Kier molecular flexibility index (Phi) is 5.64. The number of nitrogens with zero attached hydrogens (tertiary/aromatic N) is 3. The van der Waals surface area contributed by atoms with Gasteiger partial charge in [-0.15, -0.1) is 0 Å². The van der Waals surface area contributed by atoms with Crippen molar-refractivity contribution in [2.45, 2.75) is 26.4 Å². The summed E-state index contributed by atoms with van der Waals surface area (Å²) in [6.07, 6.45) is 8.99. The van der Waals surface area contributed by atoms with Crippen molar-refractivity contribution in [3.63, 3.8) is 0 Å². The van der Waals surface area contributed by atoms with Gasteiger partial charge in [-0.25, -0.2) is 4.68 Å². The SMILES string of the molecule is CC1CC=CC=C(c2ccc(-c3c4ccccc4nn3Cn3c4ccccc4c4ccc5c6ccccc6oc5c43)cc2)C1. The summed E-state index contributed by atoms with van der Waals surface area (Å²) in [5.41, 5.74) is 10.1. The van der Waals surface area contributed by atoms with E-state index < -0.39 is 0 Å². The molecule has 5 aromatic carbocycles. The zero-order chi connectivity index (χ0) is 29.2. The molecule has 0 radical (unpaired) electrons. The van der Waals surface area contributed by atoms with Gasteiger partial charge in [-0.3, -0.25) is 0 Å². The van der Waals surface area contributed by atoms with Gasteiger partial charge < -0.3 is 8.98 Å². The Morgan fingerprint density at radius 1 is 0.727 bits per heavy atom. The molecule has 0 saturated heterocycles. The number of para-hydroxylation sites is 2. The fourth-order valence-corrected chi connectivity index (χ4v) is 7.16. The van der Waals surface area contributed by atoms with E-state index >= 15 is 0 Å². The summed E-state index contributed by atoms with van der Waals surface area (Å²) in [6, 6.07) is 38.9. The van der Waals surface area contributed by atoms with Crippen LogP contribution in [0.25, 0.3) is 71.5 Å². The third-order valence-corrected chi connectivity index (χ3v) is 9.27. The first-order valence-electron chi connectivity index (χ1n) is 15.5. The highest BCUT2D eigenvalue weighted by atomic mass is 16.3. The number of aromatic nitrogens is 3. The van der Waals surface area contributed by atoms with Crippen molar-refractivity contribution in [3.05, 3.63) is 133 Å². The van der Waals surface area contributed by atoms with Crippen LogP contribution in [0.15, 0.2) is 132 Å². The number of hydrogen-bond donors (Lipinski definition) is 0. The second kappa shape index (κ2) is 9.85. The van der Waals surface area contributed by atoms with E-state index in [1.807, 2.05) is 6.07 Å². The molecule has 1 aliphatic carbocycles. The largest absolute Gasteiger partial charge is 0.454 e. The minimum atomic E-state index is 0.555. The maximum absolute atomic E-state index is 6.57. The molecule has 4 heteroatoms. The van der Waals surface area contributed by atoms with Crippen molar-refractivity contribution < 1.29 is 4.42 Å². The number of benzene rings is 5. The Balaban J connectivity index is 1.24. The molecule has 44 heavy (non-hydrogen) atoms. The summed E-state index contributed by atoms with van der Waals surface area (Å²) in [7, 11) is 0. The molecular weight excluding hydrogens is 538 g/mol. The predicted molar refractivity (Wildman–Crippen MR) is 183 cm³/mol. The number of rotatable bonds is 4. The van der Waals surface area contributed by atoms with Crippen LogP contribution in [0.3, 0.4) is 0 Å². The van der Waals surface area contributed by atoms with Gasteiger partial charge in [0.25, 0.3) is 0 Å². The van der Waals surface area contributed by atoms with Crippen LogP contribution in [0.4, 0.5) is 0 Å². The molecule has 8 aromatic rings. The third-order valence-electron chi connectivity index (χ3n) is 9.27. The smallest absolute Gasteiger partial charge is 0.159 e. The molecule has 0 amide bonds. The summed E-state index contributed by atoms with van der Waals surface area (Å²) in [4.78, 5) is 0. The van der Waals surface area contributed by atoms with Gasteiger partial charge in [-0.05, 0) is 54.2 Å². The monoisotopic (exact) mass is 569 g/mol. The van der Waals surface area contributed by atoms with Crippen LogP contribution in [0.1, 0.15) is 25.3 Å². The highest BCUT2D eigenvalue weighted by molar-refractivity contribution is 6.20. The fraction of sp³-hybridized carbons (Fsp3) is 0.125. The second-order valence-corrected chi connectivity index (χ2v) is 12.1. The van der Waals surface area contributed by atoms with Crippen molar-refractivity contribution in [2.75, 3.05) is 0 Å². The van der Waals surface area contributed by atoms with Gasteiger partial charge in [0.1, 0.15) is 12.3 Å². The lowest BCUT2D eigenvalue weighted by Gasteiger charge is -2.14. The summed E-state index contributed by atoms with van der Waals surface area (Å²) >= 11 is 0. The van der Waals surface area contributed by atoms with Crippen LogP contribution >= 0.6 is 0 Å². The van der Waals surface area contributed by atoms with Crippen molar-refractivity contribution >= 4 is 60.2 Å². The number of allylic oxidation sites excluding steroid dienone is 4. The Labute approximate surface area is 255 Å². The molecule has 1 unspecified atom stereocenters. The van der Waals surface area contributed by atoms with Crippen LogP contribution in [0, 0.1) is 5.92 Å². The van der Waals surface area contributed by atoms with Gasteiger partial charge in [0.2, 0.25) is 0 Å². The molecule has 0 fully saturated rings. The van der Waals surface area contributed by atoms with Crippen LogP contribution in [-0.4, -0.2) is 14.3 Å². The van der Waals surface area contributed by atoms with E-state index in [1.54, 1.807) is 0 Å². The van der Waals surface area contributed by atoms with Gasteiger partial charge in [-0.2, -0.15) is 5.10 Å². The Hall–Kier alpha value is -5.35. The zero-order valence-corrected chi connectivity index (χ0v) is 24.6. The first kappa shape index (κ1) is 25.2. The van der Waals surface area contributed by atoms with E-state index in [2.05, 4.69) is 138 Å². The highest BCUT2D eigenvalue weighted by Gasteiger charge is 2.20. The molecule has 3 heterocycles. The minimum Gasteiger partial charge on any atom is -0.454 e. The van der Waals surface area contributed by atoms with Gasteiger partial charge in [0, 0.05) is 32.5 Å². The Morgan fingerprint density at radius 3 is 2.34 bits per heavy atom. The Morgan fingerprint density at radius 2 is 1.45 bits per heavy atom. The van der Waals surface area contributed by atoms with E-state index in [0.29, 0.717) is 12.6 Å². The normalized spacial score (nSPS) is 15.6.